The lowest BCUT2D eigenvalue weighted by atomic mass is 10.1. The number of ether oxygens (including phenoxy) is 3. The summed E-state index contributed by atoms with van der Waals surface area (Å²) in [7, 11) is 3.16. The van der Waals surface area contributed by atoms with E-state index in [1.165, 1.54) is 6.21 Å². The Kier molecular flexibility index (Phi) is 10.6. The molecule has 0 aromatic heterocycles. The molecule has 0 radical (unpaired) electrons. The van der Waals surface area contributed by atoms with Crippen molar-refractivity contribution < 1.29 is 23.8 Å². The van der Waals surface area contributed by atoms with Crippen LogP contribution < -0.4 is 25.0 Å². The van der Waals surface area contributed by atoms with Crippen molar-refractivity contribution in [2.24, 2.45) is 5.10 Å². The molecule has 0 saturated carbocycles. The quantitative estimate of drug-likeness (QED) is 0.117. The van der Waals surface area contributed by atoms with Gasteiger partial charge in [-0.05, 0) is 96.8 Å². The molecule has 0 bridgehead atoms. The van der Waals surface area contributed by atoms with Crippen LogP contribution in [0.5, 0.6) is 17.2 Å². The molecule has 0 fully saturated rings. The fraction of sp³-hybridized carbons (Fsp3) is 0.147. The Hall–Kier alpha value is -5.08. The number of aryl methyl sites for hydroxylation is 2. The maximum Gasteiger partial charge on any atom is 0.287 e. The van der Waals surface area contributed by atoms with Crippen molar-refractivity contribution in [2.45, 2.75) is 20.5 Å². The molecule has 0 unspecified atom stereocenters. The third-order valence-electron chi connectivity index (χ3n) is 6.44. The summed E-state index contributed by atoms with van der Waals surface area (Å²) < 4.78 is 16.7. The highest BCUT2D eigenvalue weighted by Crippen LogP contribution is 2.28. The molecular formula is C34H32ClN3O5. The molecule has 0 spiro atoms. The second kappa shape index (κ2) is 14.7. The number of carbonyl (C=O) groups excluding carboxylic acids is 2. The first-order valence-electron chi connectivity index (χ1n) is 13.4. The fourth-order valence-corrected chi connectivity index (χ4v) is 4.29. The van der Waals surface area contributed by atoms with E-state index in [9.17, 15) is 9.59 Å². The van der Waals surface area contributed by atoms with Gasteiger partial charge in [-0.25, -0.2) is 5.43 Å². The van der Waals surface area contributed by atoms with E-state index in [1.54, 1.807) is 81.0 Å². The average Bonchev–Trinajstić information content (AvgIpc) is 3.03. The molecule has 0 atom stereocenters. The topological polar surface area (TPSA) is 98.2 Å². The van der Waals surface area contributed by atoms with Gasteiger partial charge in [-0.15, -0.1) is 0 Å². The molecule has 2 N–H and O–H groups in total. The number of halogens is 1. The summed E-state index contributed by atoms with van der Waals surface area (Å²) in [5, 5.41) is 7.53. The third-order valence-corrected chi connectivity index (χ3v) is 7.04. The number of benzene rings is 4. The molecule has 2 amide bonds. The maximum atomic E-state index is 13.2. The van der Waals surface area contributed by atoms with Gasteiger partial charge in [-0.2, -0.15) is 5.10 Å². The van der Waals surface area contributed by atoms with Gasteiger partial charge in [0, 0.05) is 16.1 Å². The van der Waals surface area contributed by atoms with E-state index >= 15 is 0 Å². The predicted molar refractivity (Wildman–Crippen MR) is 169 cm³/mol. The molecule has 4 aromatic rings. The highest BCUT2D eigenvalue weighted by molar-refractivity contribution is 6.32. The van der Waals surface area contributed by atoms with Crippen molar-refractivity contribution in [3.8, 4) is 17.2 Å². The van der Waals surface area contributed by atoms with Crippen LogP contribution in [0, 0.1) is 13.8 Å². The smallest absolute Gasteiger partial charge is 0.287 e. The number of rotatable bonds is 11. The Morgan fingerprint density at radius 1 is 0.837 bits per heavy atom. The van der Waals surface area contributed by atoms with Gasteiger partial charge in [0.2, 0.25) is 0 Å². The predicted octanol–water partition coefficient (Wildman–Crippen LogP) is 6.47. The molecule has 0 heterocycles. The van der Waals surface area contributed by atoms with E-state index in [2.05, 4.69) is 15.8 Å². The van der Waals surface area contributed by atoms with Gasteiger partial charge >= 0.3 is 0 Å². The zero-order valence-electron chi connectivity index (χ0n) is 24.3. The largest absolute Gasteiger partial charge is 0.497 e. The molecular weight excluding hydrogens is 566 g/mol. The maximum absolute atomic E-state index is 13.2. The number of hydrazone groups is 1. The minimum atomic E-state index is -0.595. The first-order chi connectivity index (χ1) is 20.8. The zero-order chi connectivity index (χ0) is 30.8. The standard InChI is InChI=1S/C34H32ClN3O5/c1-22-16-29(17-23(2)32(22)35)43-21-27-18-25(12-15-31(27)42-4)20-36-38-34(40)30(19-24-10-13-28(41-3)14-11-24)37-33(39)26-8-6-5-7-9-26/h5-20H,21H2,1-4H3,(H,37,39)(H,38,40)/b30-19-,36-20-. The average molecular weight is 598 g/mol. The number of nitrogens with zero attached hydrogens (tertiary/aromatic N) is 1. The Morgan fingerprint density at radius 2 is 1.51 bits per heavy atom. The lowest BCUT2D eigenvalue weighted by Gasteiger charge is -2.13. The summed E-state index contributed by atoms with van der Waals surface area (Å²) in [6.45, 7) is 4.11. The lowest BCUT2D eigenvalue weighted by molar-refractivity contribution is -0.117. The Bertz CT molecular complexity index is 1630. The van der Waals surface area contributed by atoms with E-state index in [0.717, 1.165) is 16.7 Å². The first-order valence-corrected chi connectivity index (χ1v) is 13.8. The van der Waals surface area contributed by atoms with Gasteiger partial charge in [0.1, 0.15) is 29.6 Å². The van der Waals surface area contributed by atoms with E-state index in [1.807, 2.05) is 38.1 Å². The van der Waals surface area contributed by atoms with Crippen LogP contribution >= 0.6 is 11.6 Å². The highest BCUT2D eigenvalue weighted by atomic mass is 35.5. The Labute approximate surface area is 255 Å². The van der Waals surface area contributed by atoms with E-state index < -0.39 is 11.8 Å². The van der Waals surface area contributed by atoms with E-state index in [4.69, 9.17) is 25.8 Å². The normalized spacial score (nSPS) is 11.2. The summed E-state index contributed by atoms with van der Waals surface area (Å²) in [6.07, 6.45) is 3.07. The molecule has 8 nitrogen and oxygen atoms in total. The lowest BCUT2D eigenvalue weighted by Crippen LogP contribution is -2.32. The van der Waals surface area contributed by atoms with Crippen LogP contribution in [0.25, 0.3) is 6.08 Å². The third kappa shape index (κ3) is 8.47. The van der Waals surface area contributed by atoms with E-state index in [-0.39, 0.29) is 12.3 Å². The molecule has 4 aromatic carbocycles. The molecule has 0 aliphatic heterocycles. The zero-order valence-corrected chi connectivity index (χ0v) is 25.1. The van der Waals surface area contributed by atoms with Gasteiger partial charge in [0.05, 0.1) is 20.4 Å². The van der Waals surface area contributed by atoms with Crippen LogP contribution in [-0.2, 0) is 11.4 Å². The minimum Gasteiger partial charge on any atom is -0.497 e. The van der Waals surface area contributed by atoms with Gasteiger partial charge in [0.25, 0.3) is 11.8 Å². The van der Waals surface area contributed by atoms with Crippen LogP contribution in [0.3, 0.4) is 0 Å². The van der Waals surface area contributed by atoms with Gasteiger partial charge < -0.3 is 19.5 Å². The van der Waals surface area contributed by atoms with Crippen molar-refractivity contribution in [3.05, 3.63) is 129 Å². The number of hydrogen-bond acceptors (Lipinski definition) is 6. The summed E-state index contributed by atoms with van der Waals surface area (Å²) in [5.41, 5.74) is 6.98. The Balaban J connectivity index is 1.49. The molecule has 43 heavy (non-hydrogen) atoms. The van der Waals surface area contributed by atoms with Crippen molar-refractivity contribution in [3.63, 3.8) is 0 Å². The molecule has 0 saturated heterocycles. The van der Waals surface area contributed by atoms with Gasteiger partial charge in [-0.1, -0.05) is 41.9 Å². The second-order valence-electron chi connectivity index (χ2n) is 9.58. The van der Waals surface area contributed by atoms with Crippen LogP contribution in [-0.4, -0.2) is 32.2 Å². The molecule has 0 aliphatic rings. The number of nitrogens with one attached hydrogen (secondary N) is 2. The summed E-state index contributed by atoms with van der Waals surface area (Å²) in [4.78, 5) is 26.0. The number of hydrogen-bond donors (Lipinski definition) is 2. The van der Waals surface area contributed by atoms with Gasteiger partial charge in [-0.3, -0.25) is 9.59 Å². The van der Waals surface area contributed by atoms with Gasteiger partial charge in [0.15, 0.2) is 0 Å². The number of amides is 2. The van der Waals surface area contributed by atoms with E-state index in [0.29, 0.717) is 39.0 Å². The fourth-order valence-electron chi connectivity index (χ4n) is 4.18. The van der Waals surface area contributed by atoms with Crippen molar-refractivity contribution in [1.82, 2.24) is 10.7 Å². The minimum absolute atomic E-state index is 0.0218. The first kappa shape index (κ1) is 30.9. The molecule has 4 rings (SSSR count). The van der Waals surface area contributed by atoms with Crippen molar-refractivity contribution >= 4 is 35.7 Å². The van der Waals surface area contributed by atoms with Crippen LogP contribution in [0.15, 0.2) is 95.7 Å². The number of carbonyl (C=O) groups is 2. The highest BCUT2D eigenvalue weighted by Gasteiger charge is 2.15. The number of methoxy groups -OCH3 is 2. The Morgan fingerprint density at radius 3 is 2.16 bits per heavy atom. The SMILES string of the molecule is COc1ccc(/C=C(\NC(=O)c2ccccc2)C(=O)N/N=C\c2ccc(OC)c(COc3cc(C)c(Cl)c(C)c3)c2)cc1. The van der Waals surface area contributed by atoms with Crippen LogP contribution in [0.4, 0.5) is 0 Å². The summed E-state index contributed by atoms with van der Waals surface area (Å²) in [6, 6.07) is 24.9. The van der Waals surface area contributed by atoms with Crippen molar-refractivity contribution in [2.75, 3.05) is 14.2 Å². The second-order valence-corrected chi connectivity index (χ2v) is 9.96. The molecule has 220 valence electrons. The summed E-state index contributed by atoms with van der Waals surface area (Å²) >= 11 is 6.28. The van der Waals surface area contributed by atoms with Crippen molar-refractivity contribution in [1.29, 1.82) is 0 Å². The monoisotopic (exact) mass is 597 g/mol. The summed E-state index contributed by atoms with van der Waals surface area (Å²) in [5.74, 6) is 0.995. The molecule has 9 heteroatoms. The molecule has 0 aliphatic carbocycles. The van der Waals surface area contributed by atoms with Crippen LogP contribution in [0.1, 0.15) is 38.2 Å². The van der Waals surface area contributed by atoms with Crippen LogP contribution in [0.2, 0.25) is 5.02 Å².